The molecule has 1 N–H and O–H groups in total. The number of rotatable bonds is 3. The van der Waals surface area contributed by atoms with Gasteiger partial charge in [0.2, 0.25) is 0 Å². The zero-order valence-electron chi connectivity index (χ0n) is 11.0. The minimum absolute atomic E-state index is 0.101. The van der Waals surface area contributed by atoms with Gasteiger partial charge < -0.3 is 5.32 Å². The third-order valence-electron chi connectivity index (χ3n) is 3.13. The predicted molar refractivity (Wildman–Crippen MR) is 83.9 cm³/mol. The lowest BCUT2D eigenvalue weighted by molar-refractivity contribution is -0.385. The molecule has 2 rings (SSSR count). The van der Waals surface area contributed by atoms with Gasteiger partial charge in [-0.25, -0.2) is 0 Å². The highest BCUT2D eigenvalue weighted by Crippen LogP contribution is 2.35. The van der Waals surface area contributed by atoms with Crippen molar-refractivity contribution in [3.8, 4) is 0 Å². The number of nitro benzene ring substituents is 1. The zero-order valence-corrected chi connectivity index (χ0v) is 13.4. The van der Waals surface area contributed by atoms with Crippen LogP contribution >= 0.6 is 27.7 Å². The van der Waals surface area contributed by atoms with Gasteiger partial charge in [-0.3, -0.25) is 10.1 Å². The summed E-state index contributed by atoms with van der Waals surface area (Å²) in [5, 5.41) is 14.2. The summed E-state index contributed by atoms with van der Waals surface area (Å²) >= 11 is 5.21. The number of anilines is 1. The minimum atomic E-state index is -0.382. The van der Waals surface area contributed by atoms with E-state index in [1.165, 1.54) is 11.8 Å². The summed E-state index contributed by atoms with van der Waals surface area (Å²) in [6.45, 7) is 4.55. The summed E-state index contributed by atoms with van der Waals surface area (Å²) in [5.74, 6) is 2.27. The molecule has 1 atom stereocenters. The average molecular weight is 345 g/mol. The molecule has 1 heterocycles. The Hall–Kier alpha value is -0.750. The van der Waals surface area contributed by atoms with Crippen LogP contribution in [0, 0.1) is 15.5 Å². The first-order valence-electron chi connectivity index (χ1n) is 6.16. The second kappa shape index (κ2) is 5.71. The lowest BCUT2D eigenvalue weighted by Crippen LogP contribution is -2.35. The van der Waals surface area contributed by atoms with E-state index in [0.717, 1.165) is 17.9 Å². The van der Waals surface area contributed by atoms with E-state index in [2.05, 4.69) is 35.1 Å². The van der Waals surface area contributed by atoms with Crippen molar-refractivity contribution in [2.45, 2.75) is 26.3 Å². The molecule has 19 heavy (non-hydrogen) atoms. The first kappa shape index (κ1) is 14.7. The summed E-state index contributed by atoms with van der Waals surface area (Å²) in [6.07, 6.45) is 1.12. The number of nitro groups is 1. The van der Waals surface area contributed by atoms with Crippen LogP contribution in [0.5, 0.6) is 0 Å². The van der Waals surface area contributed by atoms with Crippen LogP contribution < -0.4 is 5.32 Å². The number of benzene rings is 1. The molecule has 1 aromatic carbocycles. The van der Waals surface area contributed by atoms with Crippen LogP contribution in [0.3, 0.4) is 0 Å². The van der Waals surface area contributed by atoms with Gasteiger partial charge in [-0.05, 0) is 45.7 Å². The topological polar surface area (TPSA) is 55.2 Å². The number of halogens is 1. The second-order valence-electron chi connectivity index (χ2n) is 5.65. The summed E-state index contributed by atoms with van der Waals surface area (Å²) in [5.41, 5.74) is 1.38. The molecule has 1 saturated heterocycles. The van der Waals surface area contributed by atoms with E-state index in [0.29, 0.717) is 15.9 Å². The molecule has 0 bridgehead atoms. The van der Waals surface area contributed by atoms with Crippen LogP contribution in [0.25, 0.3) is 0 Å². The highest BCUT2D eigenvalue weighted by Gasteiger charge is 2.28. The highest BCUT2D eigenvalue weighted by atomic mass is 79.9. The van der Waals surface area contributed by atoms with E-state index in [1.54, 1.807) is 12.1 Å². The first-order valence-corrected chi connectivity index (χ1v) is 8.10. The number of hydrogen-bond acceptors (Lipinski definition) is 4. The standard InChI is InChI=1S/C13H17BrN2O2S/c1-13(2)6-10(7-19-8-13)15-9-3-4-12(16(17)18)11(14)5-9/h3-5,10,15H,6-8H2,1-2H3. The Morgan fingerprint density at radius 1 is 1.53 bits per heavy atom. The van der Waals surface area contributed by atoms with Gasteiger partial charge in [-0.2, -0.15) is 11.8 Å². The summed E-state index contributed by atoms with van der Waals surface area (Å²) in [7, 11) is 0. The largest absolute Gasteiger partial charge is 0.381 e. The lowest BCUT2D eigenvalue weighted by atomic mass is 9.88. The molecule has 1 aliphatic heterocycles. The Labute approximate surface area is 125 Å². The Morgan fingerprint density at radius 3 is 2.84 bits per heavy atom. The number of nitrogens with one attached hydrogen (secondary N) is 1. The zero-order chi connectivity index (χ0) is 14.0. The molecular weight excluding hydrogens is 328 g/mol. The van der Waals surface area contributed by atoms with Crippen molar-refractivity contribution in [2.24, 2.45) is 5.41 Å². The Kier molecular flexibility index (Phi) is 4.40. The Morgan fingerprint density at radius 2 is 2.26 bits per heavy atom. The molecule has 0 aromatic heterocycles. The van der Waals surface area contributed by atoms with E-state index >= 15 is 0 Å². The maximum atomic E-state index is 10.8. The normalized spacial score (nSPS) is 21.9. The molecule has 0 aliphatic carbocycles. The maximum Gasteiger partial charge on any atom is 0.283 e. The smallest absolute Gasteiger partial charge is 0.283 e. The molecule has 1 aromatic rings. The van der Waals surface area contributed by atoms with E-state index in [4.69, 9.17) is 0 Å². The first-order chi connectivity index (χ1) is 8.87. The van der Waals surface area contributed by atoms with Gasteiger partial charge in [-0.15, -0.1) is 0 Å². The third kappa shape index (κ3) is 3.86. The number of nitrogens with zero attached hydrogens (tertiary/aromatic N) is 1. The van der Waals surface area contributed by atoms with Crippen LogP contribution in [0.2, 0.25) is 0 Å². The van der Waals surface area contributed by atoms with Crippen LogP contribution in [0.4, 0.5) is 11.4 Å². The maximum absolute atomic E-state index is 10.8. The average Bonchev–Trinajstić information content (AvgIpc) is 2.27. The third-order valence-corrected chi connectivity index (χ3v) is 5.38. The van der Waals surface area contributed by atoms with Gasteiger partial charge in [0.05, 0.1) is 9.40 Å². The fourth-order valence-corrected chi connectivity index (χ4v) is 4.13. The molecule has 0 amide bonds. The van der Waals surface area contributed by atoms with Gasteiger partial charge in [0.25, 0.3) is 5.69 Å². The van der Waals surface area contributed by atoms with Crippen molar-refractivity contribution in [3.05, 3.63) is 32.8 Å². The molecular formula is C13H17BrN2O2S. The summed E-state index contributed by atoms with van der Waals surface area (Å²) in [6, 6.07) is 5.51. The Bertz CT molecular complexity index is 494. The summed E-state index contributed by atoms with van der Waals surface area (Å²) < 4.78 is 0.519. The molecule has 1 fully saturated rings. The van der Waals surface area contributed by atoms with Crippen LogP contribution in [-0.4, -0.2) is 22.5 Å². The van der Waals surface area contributed by atoms with Crippen molar-refractivity contribution in [1.29, 1.82) is 0 Å². The van der Waals surface area contributed by atoms with Crippen molar-refractivity contribution in [2.75, 3.05) is 16.8 Å². The van der Waals surface area contributed by atoms with Gasteiger partial charge in [0.15, 0.2) is 0 Å². The van der Waals surface area contributed by atoms with Crippen molar-refractivity contribution < 1.29 is 4.92 Å². The fourth-order valence-electron chi connectivity index (χ4n) is 2.34. The van der Waals surface area contributed by atoms with E-state index in [-0.39, 0.29) is 10.6 Å². The molecule has 0 saturated carbocycles. The lowest BCUT2D eigenvalue weighted by Gasteiger charge is -2.35. The van der Waals surface area contributed by atoms with Crippen LogP contribution in [0.1, 0.15) is 20.3 Å². The number of thioether (sulfide) groups is 1. The summed E-state index contributed by atoms with van der Waals surface area (Å²) in [4.78, 5) is 10.4. The van der Waals surface area contributed by atoms with E-state index in [1.807, 2.05) is 11.8 Å². The Balaban J connectivity index is 2.07. The van der Waals surface area contributed by atoms with Crippen molar-refractivity contribution in [1.82, 2.24) is 0 Å². The van der Waals surface area contributed by atoms with Crippen LogP contribution in [-0.2, 0) is 0 Å². The van der Waals surface area contributed by atoms with Crippen molar-refractivity contribution >= 4 is 39.1 Å². The van der Waals surface area contributed by atoms with E-state index in [9.17, 15) is 10.1 Å². The minimum Gasteiger partial charge on any atom is -0.381 e. The van der Waals surface area contributed by atoms with Gasteiger partial charge in [0, 0.05) is 23.5 Å². The molecule has 0 spiro atoms. The molecule has 1 unspecified atom stereocenters. The van der Waals surface area contributed by atoms with E-state index < -0.39 is 0 Å². The van der Waals surface area contributed by atoms with Gasteiger partial charge in [-0.1, -0.05) is 13.8 Å². The van der Waals surface area contributed by atoms with Gasteiger partial charge >= 0.3 is 0 Å². The number of hydrogen-bond donors (Lipinski definition) is 1. The second-order valence-corrected chi connectivity index (χ2v) is 7.53. The quantitative estimate of drug-likeness (QED) is 0.655. The fraction of sp³-hybridized carbons (Fsp3) is 0.538. The van der Waals surface area contributed by atoms with Crippen LogP contribution in [0.15, 0.2) is 22.7 Å². The molecule has 6 heteroatoms. The molecule has 1 aliphatic rings. The molecule has 104 valence electrons. The predicted octanol–water partition coefficient (Wildman–Crippen LogP) is 4.30. The van der Waals surface area contributed by atoms with Gasteiger partial charge in [0.1, 0.15) is 0 Å². The molecule has 0 radical (unpaired) electrons. The van der Waals surface area contributed by atoms with Crippen molar-refractivity contribution in [3.63, 3.8) is 0 Å². The SMILES string of the molecule is CC1(C)CSCC(Nc2ccc([N+](=O)[O-])c(Br)c2)C1. The monoisotopic (exact) mass is 344 g/mol. The highest BCUT2D eigenvalue weighted by molar-refractivity contribution is 9.10. The molecule has 4 nitrogen and oxygen atoms in total.